The Bertz CT molecular complexity index is 713. The average molecular weight is 328 g/mol. The van der Waals surface area contributed by atoms with E-state index in [0.29, 0.717) is 18.7 Å². The number of hydrogen-bond acceptors (Lipinski definition) is 4. The summed E-state index contributed by atoms with van der Waals surface area (Å²) in [5.74, 6) is 0. The van der Waals surface area contributed by atoms with E-state index >= 15 is 0 Å². The first-order valence-electron chi connectivity index (χ1n) is 6.95. The van der Waals surface area contributed by atoms with Crippen molar-refractivity contribution in [1.29, 1.82) is 0 Å². The van der Waals surface area contributed by atoms with Crippen molar-refractivity contribution in [2.75, 3.05) is 24.7 Å². The quantitative estimate of drug-likeness (QED) is 0.811. The van der Waals surface area contributed by atoms with Crippen molar-refractivity contribution in [2.24, 2.45) is 7.05 Å². The van der Waals surface area contributed by atoms with Crippen LogP contribution in [0.2, 0.25) is 0 Å². The summed E-state index contributed by atoms with van der Waals surface area (Å²) in [5.41, 5.74) is 0.331. The maximum Gasteiger partial charge on any atom is 0.319 e. The normalized spacial score (nSPS) is 19.6. The van der Waals surface area contributed by atoms with Gasteiger partial charge in [-0.05, 0) is 18.9 Å². The van der Waals surface area contributed by atoms with Crippen LogP contribution in [0, 0.1) is 0 Å². The Balaban J connectivity index is 1.94. The molecule has 1 fully saturated rings. The van der Waals surface area contributed by atoms with Crippen LogP contribution < -0.4 is 16.2 Å². The van der Waals surface area contributed by atoms with Gasteiger partial charge in [0.2, 0.25) is 15.6 Å². The Labute approximate surface area is 129 Å². The van der Waals surface area contributed by atoms with Crippen LogP contribution in [0.4, 0.5) is 10.5 Å². The number of hydrogen-bond donors (Lipinski definition) is 2. The van der Waals surface area contributed by atoms with Gasteiger partial charge in [-0.2, -0.15) is 0 Å². The van der Waals surface area contributed by atoms with Crippen molar-refractivity contribution < 1.29 is 13.2 Å². The molecule has 8 nitrogen and oxygen atoms in total. The Morgan fingerprint density at radius 2 is 2.09 bits per heavy atom. The third-order valence-electron chi connectivity index (χ3n) is 3.53. The molecule has 1 aliphatic rings. The molecule has 2 amide bonds. The molecule has 0 radical (unpaired) electrons. The Hall–Kier alpha value is -1.87. The monoisotopic (exact) mass is 328 g/mol. The molecule has 0 saturated carbocycles. The topological polar surface area (TPSA) is 101 Å². The number of carbonyl (C=O) groups is 1. The number of urea groups is 1. The van der Waals surface area contributed by atoms with Crippen molar-refractivity contribution in [2.45, 2.75) is 18.9 Å². The molecule has 122 valence electrons. The van der Waals surface area contributed by atoms with E-state index < -0.39 is 16.1 Å². The molecule has 2 N–H and O–H groups in total. The Morgan fingerprint density at radius 1 is 1.36 bits per heavy atom. The highest BCUT2D eigenvalue weighted by Crippen LogP contribution is 2.13. The highest BCUT2D eigenvalue weighted by molar-refractivity contribution is 7.88. The Morgan fingerprint density at radius 3 is 2.73 bits per heavy atom. The molecule has 1 aromatic rings. The molecule has 1 aromatic heterocycles. The van der Waals surface area contributed by atoms with Crippen LogP contribution in [0.1, 0.15) is 12.8 Å². The summed E-state index contributed by atoms with van der Waals surface area (Å²) in [6.07, 6.45) is 4.12. The average Bonchev–Trinajstić information content (AvgIpc) is 2.42. The van der Waals surface area contributed by atoms with Gasteiger partial charge in [-0.15, -0.1) is 0 Å². The van der Waals surface area contributed by atoms with Gasteiger partial charge in [0.1, 0.15) is 0 Å². The summed E-state index contributed by atoms with van der Waals surface area (Å²) in [7, 11) is -1.65. The second-order valence-electron chi connectivity index (χ2n) is 5.43. The molecule has 0 bridgehead atoms. The number of nitrogens with zero attached hydrogens (tertiary/aromatic N) is 2. The lowest BCUT2D eigenvalue weighted by molar-refractivity contribution is 0.236. The third-order valence-corrected chi connectivity index (χ3v) is 4.80. The van der Waals surface area contributed by atoms with Gasteiger partial charge < -0.3 is 15.2 Å². The van der Waals surface area contributed by atoms with Crippen LogP contribution in [-0.2, 0) is 17.1 Å². The summed E-state index contributed by atoms with van der Waals surface area (Å²) in [4.78, 5) is 23.2. The zero-order valence-electron chi connectivity index (χ0n) is 12.6. The van der Waals surface area contributed by atoms with Crippen molar-refractivity contribution >= 4 is 21.7 Å². The van der Waals surface area contributed by atoms with Gasteiger partial charge in [-0.3, -0.25) is 4.79 Å². The van der Waals surface area contributed by atoms with Gasteiger partial charge >= 0.3 is 6.03 Å². The number of carbonyl (C=O) groups excluding carboxylic acids is 1. The molecule has 0 aromatic carbocycles. The minimum atomic E-state index is -3.24. The second kappa shape index (κ2) is 6.49. The minimum absolute atomic E-state index is 0.165. The van der Waals surface area contributed by atoms with Crippen molar-refractivity contribution in [1.82, 2.24) is 14.2 Å². The first-order valence-corrected chi connectivity index (χ1v) is 8.80. The van der Waals surface area contributed by atoms with E-state index in [-0.39, 0.29) is 18.1 Å². The standard InChI is InChI=1S/C13H20N4O4S/c1-16-8-11(5-6-12(16)18)15-13(19)14-10-4-3-7-17(9-10)22(2,20)21/h5-6,8,10H,3-4,7,9H2,1-2H3,(H2,14,15,19). The lowest BCUT2D eigenvalue weighted by Crippen LogP contribution is -2.50. The summed E-state index contributed by atoms with van der Waals surface area (Å²) < 4.78 is 25.8. The maximum absolute atomic E-state index is 12.0. The number of piperidine rings is 1. The fraction of sp³-hybridized carbons (Fsp3) is 0.538. The lowest BCUT2D eigenvalue weighted by atomic mass is 10.1. The van der Waals surface area contributed by atoms with E-state index in [1.54, 1.807) is 7.05 Å². The molecular weight excluding hydrogens is 308 g/mol. The number of aromatic nitrogens is 1. The molecule has 1 saturated heterocycles. The molecule has 1 aliphatic heterocycles. The van der Waals surface area contributed by atoms with Crippen molar-refractivity contribution in [3.8, 4) is 0 Å². The zero-order chi connectivity index (χ0) is 16.3. The van der Waals surface area contributed by atoms with E-state index in [1.165, 1.54) is 33.5 Å². The molecule has 22 heavy (non-hydrogen) atoms. The lowest BCUT2D eigenvalue weighted by Gasteiger charge is -2.31. The van der Waals surface area contributed by atoms with Gasteiger partial charge in [0, 0.05) is 38.4 Å². The molecular formula is C13H20N4O4S. The third kappa shape index (κ3) is 4.31. The van der Waals surface area contributed by atoms with Crippen molar-refractivity contribution in [3.63, 3.8) is 0 Å². The number of anilines is 1. The summed E-state index contributed by atoms with van der Waals surface area (Å²) in [6.45, 7) is 0.763. The number of aryl methyl sites for hydroxylation is 1. The van der Waals surface area contributed by atoms with Crippen molar-refractivity contribution in [3.05, 3.63) is 28.7 Å². The van der Waals surface area contributed by atoms with Gasteiger partial charge in [0.15, 0.2) is 0 Å². The largest absolute Gasteiger partial charge is 0.334 e. The van der Waals surface area contributed by atoms with Gasteiger partial charge in [0.25, 0.3) is 0 Å². The number of sulfonamides is 1. The number of amides is 2. The zero-order valence-corrected chi connectivity index (χ0v) is 13.4. The van der Waals surface area contributed by atoms with Crippen LogP contribution in [0.3, 0.4) is 0 Å². The van der Waals surface area contributed by atoms with Crippen LogP contribution in [0.25, 0.3) is 0 Å². The molecule has 1 unspecified atom stereocenters. The molecule has 1 atom stereocenters. The summed E-state index contributed by atoms with van der Waals surface area (Å²) in [5, 5.41) is 5.39. The highest BCUT2D eigenvalue weighted by Gasteiger charge is 2.26. The number of nitrogens with one attached hydrogen (secondary N) is 2. The maximum atomic E-state index is 12.0. The van der Waals surface area contributed by atoms with E-state index in [0.717, 1.165) is 6.42 Å². The van der Waals surface area contributed by atoms with E-state index in [2.05, 4.69) is 10.6 Å². The molecule has 2 heterocycles. The molecule has 0 aliphatic carbocycles. The SMILES string of the molecule is Cn1cc(NC(=O)NC2CCCN(S(C)(=O)=O)C2)ccc1=O. The first-order chi connectivity index (χ1) is 10.3. The first kappa shape index (κ1) is 16.5. The second-order valence-corrected chi connectivity index (χ2v) is 7.41. The van der Waals surface area contributed by atoms with E-state index in [4.69, 9.17) is 0 Å². The number of pyridine rings is 1. The molecule has 2 rings (SSSR count). The van der Waals surface area contributed by atoms with Crippen LogP contribution in [-0.4, -0.2) is 48.7 Å². The highest BCUT2D eigenvalue weighted by atomic mass is 32.2. The predicted octanol–water partition coefficient (Wildman–Crippen LogP) is -0.0692. The van der Waals surface area contributed by atoms with Gasteiger partial charge in [-0.25, -0.2) is 17.5 Å². The fourth-order valence-electron chi connectivity index (χ4n) is 2.38. The van der Waals surface area contributed by atoms with Gasteiger partial charge in [-0.1, -0.05) is 0 Å². The van der Waals surface area contributed by atoms with E-state index in [9.17, 15) is 18.0 Å². The predicted molar refractivity (Wildman–Crippen MR) is 83.3 cm³/mol. The smallest absolute Gasteiger partial charge is 0.319 e. The molecule has 0 spiro atoms. The Kier molecular flexibility index (Phi) is 4.87. The minimum Gasteiger partial charge on any atom is -0.334 e. The van der Waals surface area contributed by atoms with Crippen LogP contribution >= 0.6 is 0 Å². The van der Waals surface area contributed by atoms with E-state index in [1.807, 2.05) is 0 Å². The number of rotatable bonds is 3. The summed E-state index contributed by atoms with van der Waals surface area (Å²) >= 11 is 0. The van der Waals surface area contributed by atoms with Crippen LogP contribution in [0.5, 0.6) is 0 Å². The summed E-state index contributed by atoms with van der Waals surface area (Å²) in [6, 6.07) is 2.24. The molecule has 9 heteroatoms. The fourth-order valence-corrected chi connectivity index (χ4v) is 3.29. The van der Waals surface area contributed by atoms with Crippen LogP contribution in [0.15, 0.2) is 23.1 Å². The van der Waals surface area contributed by atoms with Gasteiger partial charge in [0.05, 0.1) is 11.9 Å².